The van der Waals surface area contributed by atoms with Crippen molar-refractivity contribution >= 4 is 15.9 Å². The summed E-state index contributed by atoms with van der Waals surface area (Å²) in [6.07, 6.45) is 1.87. The van der Waals surface area contributed by atoms with E-state index in [9.17, 15) is 0 Å². The highest BCUT2D eigenvalue weighted by atomic mass is 79.9. The highest BCUT2D eigenvalue weighted by Gasteiger charge is 2.01. The van der Waals surface area contributed by atoms with Crippen molar-refractivity contribution in [1.29, 1.82) is 0 Å². The van der Waals surface area contributed by atoms with Crippen molar-refractivity contribution in [3.63, 3.8) is 0 Å². The van der Waals surface area contributed by atoms with E-state index >= 15 is 0 Å². The Morgan fingerprint density at radius 2 is 2.45 bits per heavy atom. The Morgan fingerprint density at radius 1 is 1.64 bits per heavy atom. The molecule has 6 heteroatoms. The number of nitrogens with zero attached hydrogens (tertiary/aromatic N) is 4. The number of aliphatic hydroxyl groups excluding tert-OH is 1. The molecule has 0 saturated heterocycles. The Morgan fingerprint density at radius 3 is 3.00 bits per heavy atom. The van der Waals surface area contributed by atoms with Gasteiger partial charge in [-0.1, -0.05) is 15.9 Å². The van der Waals surface area contributed by atoms with Gasteiger partial charge in [-0.25, -0.2) is 4.68 Å². The zero-order valence-corrected chi connectivity index (χ0v) is 7.48. The molecule has 5 nitrogen and oxygen atoms in total. The van der Waals surface area contributed by atoms with Gasteiger partial charge in [0.25, 0.3) is 0 Å². The van der Waals surface area contributed by atoms with Gasteiger partial charge >= 0.3 is 0 Å². The molecule has 0 saturated carbocycles. The van der Waals surface area contributed by atoms with E-state index in [-0.39, 0.29) is 6.10 Å². The first-order chi connectivity index (χ1) is 5.33. The summed E-state index contributed by atoms with van der Waals surface area (Å²) >= 11 is 3.17. The van der Waals surface area contributed by atoms with Crippen LogP contribution >= 0.6 is 15.9 Å². The Kier molecular flexibility index (Phi) is 3.44. The van der Waals surface area contributed by atoms with E-state index in [4.69, 9.17) is 5.11 Å². The Bertz CT molecular complexity index is 190. The number of halogens is 1. The molecule has 0 aromatic carbocycles. The second kappa shape index (κ2) is 4.40. The van der Waals surface area contributed by atoms with Crippen LogP contribution in [0.2, 0.25) is 0 Å². The van der Waals surface area contributed by atoms with Gasteiger partial charge in [-0.3, -0.25) is 0 Å². The van der Waals surface area contributed by atoms with Crippen LogP contribution in [0.15, 0.2) is 6.33 Å². The summed E-state index contributed by atoms with van der Waals surface area (Å²) in [7, 11) is 0. The zero-order chi connectivity index (χ0) is 8.10. The number of hydrogen-bond donors (Lipinski definition) is 1. The van der Waals surface area contributed by atoms with Crippen molar-refractivity contribution in [2.24, 2.45) is 0 Å². The maximum Gasteiger partial charge on any atom is 0.138 e. The molecule has 1 aromatic rings. The van der Waals surface area contributed by atoms with Crippen LogP contribution in [-0.2, 0) is 6.54 Å². The normalized spacial score (nSPS) is 13.3. The number of rotatable bonds is 4. The van der Waals surface area contributed by atoms with Gasteiger partial charge in [0.2, 0.25) is 0 Å². The van der Waals surface area contributed by atoms with Crippen LogP contribution in [0.1, 0.15) is 6.42 Å². The van der Waals surface area contributed by atoms with E-state index < -0.39 is 0 Å². The van der Waals surface area contributed by atoms with Gasteiger partial charge < -0.3 is 5.11 Å². The average molecular weight is 221 g/mol. The minimum absolute atomic E-state index is 0.320. The summed E-state index contributed by atoms with van der Waals surface area (Å²) in [5.41, 5.74) is 0. The summed E-state index contributed by atoms with van der Waals surface area (Å²) < 4.78 is 1.59. The second-order valence-corrected chi connectivity index (χ2v) is 2.82. The number of hydrogen-bond acceptors (Lipinski definition) is 4. The maximum absolute atomic E-state index is 9.13. The predicted octanol–water partition coefficient (Wildman–Crippen LogP) is -0.181. The molecule has 1 unspecified atom stereocenters. The molecular formula is C5H9BrN4O. The quantitative estimate of drug-likeness (QED) is 0.716. The van der Waals surface area contributed by atoms with E-state index in [0.717, 1.165) is 0 Å². The van der Waals surface area contributed by atoms with Gasteiger partial charge in [-0.2, -0.15) is 0 Å². The van der Waals surface area contributed by atoms with E-state index in [1.165, 1.54) is 6.33 Å². The van der Waals surface area contributed by atoms with Crippen molar-refractivity contribution in [3.8, 4) is 0 Å². The molecule has 0 fully saturated rings. The van der Waals surface area contributed by atoms with Gasteiger partial charge in [-0.05, 0) is 16.8 Å². The fourth-order valence-corrected chi connectivity index (χ4v) is 0.965. The van der Waals surface area contributed by atoms with Crippen LogP contribution in [0.3, 0.4) is 0 Å². The van der Waals surface area contributed by atoms with E-state index in [1.54, 1.807) is 4.68 Å². The molecule has 11 heavy (non-hydrogen) atoms. The molecular weight excluding hydrogens is 212 g/mol. The zero-order valence-electron chi connectivity index (χ0n) is 5.89. The molecule has 1 rings (SSSR count). The van der Waals surface area contributed by atoms with Crippen LogP contribution in [0, 0.1) is 0 Å². The molecule has 1 aromatic heterocycles. The lowest BCUT2D eigenvalue weighted by atomic mass is 10.3. The highest BCUT2D eigenvalue weighted by Crippen LogP contribution is 1.97. The van der Waals surface area contributed by atoms with Crippen LogP contribution < -0.4 is 0 Å². The first kappa shape index (κ1) is 8.61. The van der Waals surface area contributed by atoms with E-state index in [1.807, 2.05) is 0 Å². The van der Waals surface area contributed by atoms with Crippen molar-refractivity contribution in [1.82, 2.24) is 20.2 Å². The third-order valence-electron chi connectivity index (χ3n) is 1.26. The van der Waals surface area contributed by atoms with Crippen LogP contribution in [-0.4, -0.2) is 36.7 Å². The summed E-state index contributed by atoms with van der Waals surface area (Å²) in [6, 6.07) is 0. The predicted molar refractivity (Wildman–Crippen MR) is 42.2 cm³/mol. The van der Waals surface area contributed by atoms with E-state index in [2.05, 4.69) is 31.5 Å². The molecule has 0 aliphatic rings. The minimum atomic E-state index is -0.320. The molecule has 0 spiro atoms. The van der Waals surface area contributed by atoms with Crippen LogP contribution in [0.25, 0.3) is 0 Å². The molecule has 1 N–H and O–H groups in total. The van der Waals surface area contributed by atoms with Crippen molar-refractivity contribution in [3.05, 3.63) is 6.33 Å². The number of aromatic nitrogens is 4. The number of alkyl halides is 1. The Balaban J connectivity index is 2.23. The van der Waals surface area contributed by atoms with Gasteiger partial charge in [0.15, 0.2) is 0 Å². The first-order valence-corrected chi connectivity index (χ1v) is 4.40. The fraction of sp³-hybridized carbons (Fsp3) is 0.800. The fourth-order valence-electron chi connectivity index (χ4n) is 0.641. The van der Waals surface area contributed by atoms with Crippen LogP contribution in [0.4, 0.5) is 0 Å². The van der Waals surface area contributed by atoms with Crippen molar-refractivity contribution in [2.45, 2.75) is 19.1 Å². The lowest BCUT2D eigenvalue weighted by Gasteiger charge is -2.04. The monoisotopic (exact) mass is 220 g/mol. The molecule has 0 aliphatic carbocycles. The van der Waals surface area contributed by atoms with Crippen LogP contribution in [0.5, 0.6) is 0 Å². The lowest BCUT2D eigenvalue weighted by molar-refractivity contribution is 0.181. The van der Waals surface area contributed by atoms with Gasteiger partial charge in [0, 0.05) is 11.9 Å². The number of tetrazole rings is 1. The molecule has 0 amide bonds. The number of aliphatic hydroxyl groups is 1. The second-order valence-electron chi connectivity index (χ2n) is 2.17. The summed E-state index contributed by atoms with van der Waals surface area (Å²) in [5, 5.41) is 20.3. The van der Waals surface area contributed by atoms with E-state index in [0.29, 0.717) is 18.3 Å². The Labute approximate surface area is 72.5 Å². The SMILES string of the molecule is OC(CBr)CCn1cnnn1. The van der Waals surface area contributed by atoms with Crippen molar-refractivity contribution < 1.29 is 5.11 Å². The lowest BCUT2D eigenvalue weighted by Crippen LogP contribution is -2.12. The van der Waals surface area contributed by atoms with Gasteiger partial charge in [0.05, 0.1) is 6.10 Å². The molecule has 0 bridgehead atoms. The molecule has 1 atom stereocenters. The third kappa shape index (κ3) is 2.94. The summed E-state index contributed by atoms with van der Waals surface area (Å²) in [6.45, 7) is 0.653. The smallest absolute Gasteiger partial charge is 0.138 e. The van der Waals surface area contributed by atoms with Gasteiger partial charge in [-0.15, -0.1) is 5.10 Å². The standard InChI is InChI=1S/C5H9BrN4O/c6-3-5(11)1-2-10-4-7-8-9-10/h4-5,11H,1-3H2. The summed E-state index contributed by atoms with van der Waals surface area (Å²) in [4.78, 5) is 0. The van der Waals surface area contributed by atoms with Gasteiger partial charge in [0.1, 0.15) is 6.33 Å². The summed E-state index contributed by atoms with van der Waals surface area (Å²) in [5.74, 6) is 0. The van der Waals surface area contributed by atoms with Crippen molar-refractivity contribution in [2.75, 3.05) is 5.33 Å². The molecule has 62 valence electrons. The third-order valence-corrected chi connectivity index (χ3v) is 2.01. The molecule has 0 aliphatic heterocycles. The minimum Gasteiger partial charge on any atom is -0.392 e. The topological polar surface area (TPSA) is 63.8 Å². The Hall–Kier alpha value is -0.490. The average Bonchev–Trinajstić information content (AvgIpc) is 2.52. The molecule has 0 radical (unpaired) electrons. The maximum atomic E-state index is 9.13. The first-order valence-electron chi connectivity index (χ1n) is 3.27. The molecule has 1 heterocycles. The number of aryl methyl sites for hydroxylation is 1. The largest absolute Gasteiger partial charge is 0.392 e. The highest BCUT2D eigenvalue weighted by molar-refractivity contribution is 9.09.